The van der Waals surface area contributed by atoms with Gasteiger partial charge in [-0.3, -0.25) is 0 Å². The molecule has 0 aliphatic heterocycles. The first-order chi connectivity index (χ1) is 8.74. The predicted molar refractivity (Wildman–Crippen MR) is 75.3 cm³/mol. The highest BCUT2D eigenvalue weighted by molar-refractivity contribution is 7.10. The van der Waals surface area contributed by atoms with Crippen LogP contribution in [-0.4, -0.2) is 19.1 Å². The zero-order chi connectivity index (χ0) is 13.0. The maximum atomic E-state index is 5.07. The van der Waals surface area contributed by atoms with Crippen LogP contribution in [0.3, 0.4) is 0 Å². The van der Waals surface area contributed by atoms with Gasteiger partial charge in [-0.1, -0.05) is 6.07 Å². The first-order valence-corrected chi connectivity index (χ1v) is 6.82. The zero-order valence-electron chi connectivity index (χ0n) is 10.9. The molecule has 0 spiro atoms. The molecular weight excluding hydrogens is 244 g/mol. The van der Waals surface area contributed by atoms with Gasteiger partial charge < -0.3 is 10.1 Å². The van der Waals surface area contributed by atoms with E-state index >= 15 is 0 Å². The maximum Gasteiger partial charge on any atom is 0.212 e. The number of ether oxygens (including phenoxy) is 1. The van der Waals surface area contributed by atoms with Gasteiger partial charge in [-0.15, -0.1) is 11.3 Å². The van der Waals surface area contributed by atoms with Gasteiger partial charge in [0.25, 0.3) is 0 Å². The van der Waals surface area contributed by atoms with Crippen molar-refractivity contribution in [1.29, 1.82) is 0 Å². The van der Waals surface area contributed by atoms with Gasteiger partial charge in [-0.05, 0) is 43.0 Å². The molecule has 0 saturated carbocycles. The minimum Gasteiger partial charge on any atom is -0.481 e. The molecule has 1 N–H and O–H groups in total. The minimum absolute atomic E-state index is 0.347. The lowest BCUT2D eigenvalue weighted by molar-refractivity contribution is 0.397. The third kappa shape index (κ3) is 2.89. The number of aromatic nitrogens is 1. The van der Waals surface area contributed by atoms with Crippen molar-refractivity contribution in [3.63, 3.8) is 0 Å². The summed E-state index contributed by atoms with van der Waals surface area (Å²) in [5, 5.41) is 5.51. The Morgan fingerprint density at radius 1 is 1.39 bits per heavy atom. The van der Waals surface area contributed by atoms with Crippen LogP contribution in [0.5, 0.6) is 5.88 Å². The summed E-state index contributed by atoms with van der Waals surface area (Å²) in [6.45, 7) is 2.16. The quantitative estimate of drug-likeness (QED) is 0.899. The summed E-state index contributed by atoms with van der Waals surface area (Å²) in [6, 6.07) is 6.49. The molecule has 2 aromatic rings. The Morgan fingerprint density at radius 2 is 2.22 bits per heavy atom. The average Bonchev–Trinajstić information content (AvgIpc) is 2.83. The van der Waals surface area contributed by atoms with E-state index in [1.807, 2.05) is 19.3 Å². The lowest BCUT2D eigenvalue weighted by Crippen LogP contribution is -2.18. The summed E-state index contributed by atoms with van der Waals surface area (Å²) in [5.74, 6) is 0.659. The molecule has 2 rings (SSSR count). The predicted octanol–water partition coefficient (Wildman–Crippen LogP) is 2.96. The molecule has 0 aliphatic carbocycles. The fourth-order valence-electron chi connectivity index (χ4n) is 1.96. The summed E-state index contributed by atoms with van der Waals surface area (Å²) in [5.41, 5.74) is 2.56. The van der Waals surface area contributed by atoms with Crippen molar-refractivity contribution in [1.82, 2.24) is 10.3 Å². The van der Waals surface area contributed by atoms with Crippen molar-refractivity contribution in [3.05, 3.63) is 45.8 Å². The normalized spacial score (nSPS) is 12.4. The summed E-state index contributed by atoms with van der Waals surface area (Å²) >= 11 is 1.80. The van der Waals surface area contributed by atoms with Crippen molar-refractivity contribution in [3.8, 4) is 5.88 Å². The van der Waals surface area contributed by atoms with Crippen molar-refractivity contribution >= 4 is 11.3 Å². The molecule has 0 amide bonds. The van der Waals surface area contributed by atoms with Crippen LogP contribution in [0, 0.1) is 6.92 Å². The molecule has 2 aromatic heterocycles. The number of methoxy groups -OCH3 is 1. The van der Waals surface area contributed by atoms with E-state index in [0.717, 1.165) is 6.42 Å². The fraction of sp³-hybridized carbons (Fsp3) is 0.357. The smallest absolute Gasteiger partial charge is 0.212 e. The molecule has 3 nitrogen and oxygen atoms in total. The van der Waals surface area contributed by atoms with Gasteiger partial charge in [0, 0.05) is 23.2 Å². The Balaban J connectivity index is 2.13. The number of rotatable bonds is 5. The van der Waals surface area contributed by atoms with Gasteiger partial charge in [0.15, 0.2) is 0 Å². The van der Waals surface area contributed by atoms with Gasteiger partial charge in [0.05, 0.1) is 7.11 Å². The van der Waals surface area contributed by atoms with Gasteiger partial charge in [-0.25, -0.2) is 4.98 Å². The number of likely N-dealkylation sites (N-methyl/N-ethyl adjacent to an activating group) is 1. The van der Waals surface area contributed by atoms with Crippen LogP contribution in [0.1, 0.15) is 22.0 Å². The van der Waals surface area contributed by atoms with E-state index in [2.05, 4.69) is 34.7 Å². The van der Waals surface area contributed by atoms with Crippen molar-refractivity contribution in [2.24, 2.45) is 0 Å². The second-order valence-corrected chi connectivity index (χ2v) is 5.17. The van der Waals surface area contributed by atoms with Crippen LogP contribution in [0.15, 0.2) is 29.8 Å². The second-order valence-electron chi connectivity index (χ2n) is 4.22. The van der Waals surface area contributed by atoms with Crippen LogP contribution >= 0.6 is 11.3 Å². The lowest BCUT2D eigenvalue weighted by atomic mass is 10.0. The van der Waals surface area contributed by atoms with Crippen LogP contribution in [-0.2, 0) is 6.42 Å². The first-order valence-electron chi connectivity index (χ1n) is 5.94. The third-order valence-electron chi connectivity index (χ3n) is 3.01. The average molecular weight is 262 g/mol. The Kier molecular flexibility index (Phi) is 4.33. The Labute approximate surface area is 112 Å². The second kappa shape index (κ2) is 5.98. The van der Waals surface area contributed by atoms with E-state index in [0.29, 0.717) is 11.9 Å². The highest BCUT2D eigenvalue weighted by atomic mass is 32.1. The molecule has 96 valence electrons. The van der Waals surface area contributed by atoms with Gasteiger partial charge in [-0.2, -0.15) is 0 Å². The summed E-state index contributed by atoms with van der Waals surface area (Å²) < 4.78 is 5.07. The lowest BCUT2D eigenvalue weighted by Gasteiger charge is -2.16. The SMILES string of the molecule is CNC(Cc1ccc(OC)nc1)c1sccc1C. The third-order valence-corrected chi connectivity index (χ3v) is 4.15. The van der Waals surface area contributed by atoms with Crippen molar-refractivity contribution < 1.29 is 4.74 Å². The Bertz CT molecular complexity index is 493. The van der Waals surface area contributed by atoms with Crippen LogP contribution in [0.2, 0.25) is 0 Å². The molecule has 0 aromatic carbocycles. The molecule has 18 heavy (non-hydrogen) atoms. The number of aryl methyl sites for hydroxylation is 1. The molecule has 0 saturated heterocycles. The number of hydrogen-bond donors (Lipinski definition) is 1. The molecular formula is C14H18N2OS. The van der Waals surface area contributed by atoms with Crippen molar-refractivity contribution in [2.75, 3.05) is 14.2 Å². The molecule has 4 heteroatoms. The van der Waals surface area contributed by atoms with Gasteiger partial charge >= 0.3 is 0 Å². The number of pyridine rings is 1. The minimum atomic E-state index is 0.347. The Hall–Kier alpha value is -1.39. The number of nitrogens with one attached hydrogen (secondary N) is 1. The van der Waals surface area contributed by atoms with E-state index in [4.69, 9.17) is 4.74 Å². The first kappa shape index (κ1) is 13.1. The maximum absolute atomic E-state index is 5.07. The topological polar surface area (TPSA) is 34.1 Å². The molecule has 0 bridgehead atoms. The highest BCUT2D eigenvalue weighted by Crippen LogP contribution is 2.26. The molecule has 0 radical (unpaired) electrons. The van der Waals surface area contributed by atoms with Crippen LogP contribution in [0.25, 0.3) is 0 Å². The Morgan fingerprint density at radius 3 is 2.72 bits per heavy atom. The molecule has 1 atom stereocenters. The van der Waals surface area contributed by atoms with Crippen LogP contribution < -0.4 is 10.1 Å². The van der Waals surface area contributed by atoms with Crippen molar-refractivity contribution in [2.45, 2.75) is 19.4 Å². The van der Waals surface area contributed by atoms with E-state index in [9.17, 15) is 0 Å². The van der Waals surface area contributed by atoms with E-state index in [1.165, 1.54) is 16.0 Å². The van der Waals surface area contributed by atoms with Gasteiger partial charge in [0.1, 0.15) is 0 Å². The largest absolute Gasteiger partial charge is 0.481 e. The molecule has 2 heterocycles. The standard InChI is InChI=1S/C14H18N2OS/c1-10-6-7-18-14(10)12(15-2)8-11-4-5-13(17-3)16-9-11/h4-7,9,12,15H,8H2,1-3H3. The number of hydrogen-bond acceptors (Lipinski definition) is 4. The highest BCUT2D eigenvalue weighted by Gasteiger charge is 2.14. The zero-order valence-corrected chi connectivity index (χ0v) is 11.8. The van der Waals surface area contributed by atoms with E-state index < -0.39 is 0 Å². The summed E-state index contributed by atoms with van der Waals surface area (Å²) in [4.78, 5) is 5.64. The number of thiophene rings is 1. The van der Waals surface area contributed by atoms with E-state index in [1.54, 1.807) is 18.4 Å². The molecule has 0 fully saturated rings. The summed E-state index contributed by atoms with van der Waals surface area (Å²) in [6.07, 6.45) is 2.82. The summed E-state index contributed by atoms with van der Waals surface area (Å²) in [7, 11) is 3.63. The molecule has 1 unspecified atom stereocenters. The fourth-order valence-corrected chi connectivity index (χ4v) is 2.99. The van der Waals surface area contributed by atoms with Crippen LogP contribution in [0.4, 0.5) is 0 Å². The van der Waals surface area contributed by atoms with Gasteiger partial charge in [0.2, 0.25) is 5.88 Å². The molecule has 0 aliphatic rings. The monoisotopic (exact) mass is 262 g/mol. The van der Waals surface area contributed by atoms with E-state index in [-0.39, 0.29) is 0 Å². The number of nitrogens with zero attached hydrogens (tertiary/aromatic N) is 1.